The lowest BCUT2D eigenvalue weighted by Gasteiger charge is -2.20. The predicted octanol–water partition coefficient (Wildman–Crippen LogP) is 3.81. The summed E-state index contributed by atoms with van der Waals surface area (Å²) < 4.78 is 0. The van der Waals surface area contributed by atoms with Gasteiger partial charge in [0, 0.05) is 24.7 Å². The molecule has 1 heterocycles. The predicted molar refractivity (Wildman–Crippen MR) is 85.3 cm³/mol. The van der Waals surface area contributed by atoms with Gasteiger partial charge in [-0.1, -0.05) is 41.9 Å². The Labute approximate surface area is 130 Å². The first-order valence-corrected chi connectivity index (χ1v) is 7.62. The summed E-state index contributed by atoms with van der Waals surface area (Å²) in [6.07, 6.45) is 2.17. The molecule has 3 heteroatoms. The van der Waals surface area contributed by atoms with Crippen LogP contribution in [0.5, 0.6) is 0 Å². The van der Waals surface area contributed by atoms with Crippen molar-refractivity contribution in [3.63, 3.8) is 0 Å². The average Bonchev–Trinajstić information content (AvgIpc) is 2.72. The molecule has 2 aromatic carbocycles. The van der Waals surface area contributed by atoms with Gasteiger partial charge in [-0.15, -0.1) is 0 Å². The number of hydrogen-bond acceptors (Lipinski definition) is 2. The van der Waals surface area contributed by atoms with Gasteiger partial charge in [0.2, 0.25) is 0 Å². The van der Waals surface area contributed by atoms with E-state index >= 15 is 0 Å². The van der Waals surface area contributed by atoms with Crippen LogP contribution < -0.4 is 0 Å². The van der Waals surface area contributed by atoms with Crippen LogP contribution in [0.15, 0.2) is 42.5 Å². The molecule has 0 aliphatic carbocycles. The minimum absolute atomic E-state index is 0.618. The summed E-state index contributed by atoms with van der Waals surface area (Å²) in [6.45, 7) is 2.94. The number of halogens is 1. The maximum absolute atomic E-state index is 8.89. The number of benzene rings is 2. The van der Waals surface area contributed by atoms with Crippen molar-refractivity contribution in [2.45, 2.75) is 19.4 Å². The van der Waals surface area contributed by atoms with Crippen LogP contribution in [-0.2, 0) is 19.4 Å². The fraction of sp³-hybridized carbons (Fsp3) is 0.278. The van der Waals surface area contributed by atoms with Crippen LogP contribution in [0.2, 0.25) is 5.02 Å². The largest absolute Gasteiger partial charge is 0.298 e. The quantitative estimate of drug-likeness (QED) is 0.842. The minimum Gasteiger partial charge on any atom is -0.298 e. The van der Waals surface area contributed by atoms with Gasteiger partial charge in [0.05, 0.1) is 11.6 Å². The molecule has 0 radical (unpaired) electrons. The fourth-order valence-electron chi connectivity index (χ4n) is 2.86. The van der Waals surface area contributed by atoms with Crippen LogP contribution >= 0.6 is 11.6 Å². The van der Waals surface area contributed by atoms with Gasteiger partial charge in [0.1, 0.15) is 0 Å². The van der Waals surface area contributed by atoms with Crippen molar-refractivity contribution < 1.29 is 0 Å². The third-order valence-electron chi connectivity index (χ3n) is 4.09. The van der Waals surface area contributed by atoms with E-state index in [0.717, 1.165) is 38.0 Å². The van der Waals surface area contributed by atoms with E-state index < -0.39 is 0 Å². The smallest absolute Gasteiger partial charge is 0.0992 e. The topological polar surface area (TPSA) is 27.0 Å². The van der Waals surface area contributed by atoms with Gasteiger partial charge in [-0.25, -0.2) is 0 Å². The Bertz CT molecular complexity index is 661. The molecule has 0 saturated heterocycles. The summed E-state index contributed by atoms with van der Waals surface area (Å²) in [5.41, 5.74) is 4.64. The zero-order chi connectivity index (χ0) is 14.7. The van der Waals surface area contributed by atoms with Crippen molar-refractivity contribution in [3.05, 3.63) is 69.7 Å². The maximum atomic E-state index is 8.89. The first-order chi connectivity index (χ1) is 10.3. The molecular weight excluding hydrogens is 280 g/mol. The first kappa shape index (κ1) is 14.1. The normalized spacial score (nSPS) is 15.0. The van der Waals surface area contributed by atoms with Crippen LogP contribution in [0.25, 0.3) is 0 Å². The van der Waals surface area contributed by atoms with Crippen molar-refractivity contribution >= 4 is 11.6 Å². The molecule has 0 amide bonds. The lowest BCUT2D eigenvalue weighted by molar-refractivity contribution is 0.279. The standard InChI is InChI=1S/C18H17ClN2/c19-18-11-14(12-20)5-6-17(18)13-21-9-7-15-3-1-2-4-16(15)8-10-21/h1-6,11H,7-10,13H2. The zero-order valence-corrected chi connectivity index (χ0v) is 12.6. The number of fused-ring (bicyclic) bond motifs is 1. The Morgan fingerprint density at radius 2 is 1.71 bits per heavy atom. The Morgan fingerprint density at radius 3 is 2.29 bits per heavy atom. The maximum Gasteiger partial charge on any atom is 0.0992 e. The summed E-state index contributed by atoms with van der Waals surface area (Å²) in [7, 11) is 0. The van der Waals surface area contributed by atoms with E-state index in [0.29, 0.717) is 10.6 Å². The van der Waals surface area contributed by atoms with Crippen molar-refractivity contribution in [2.24, 2.45) is 0 Å². The molecule has 2 nitrogen and oxygen atoms in total. The Balaban J connectivity index is 1.71. The molecule has 3 rings (SSSR count). The highest BCUT2D eigenvalue weighted by molar-refractivity contribution is 6.31. The van der Waals surface area contributed by atoms with Crippen LogP contribution in [-0.4, -0.2) is 18.0 Å². The molecule has 0 saturated carbocycles. The molecule has 2 aromatic rings. The van der Waals surface area contributed by atoms with E-state index in [1.54, 1.807) is 6.07 Å². The first-order valence-electron chi connectivity index (χ1n) is 7.24. The molecule has 1 aliphatic rings. The number of nitriles is 1. The van der Waals surface area contributed by atoms with Gasteiger partial charge in [-0.05, 0) is 41.7 Å². The highest BCUT2D eigenvalue weighted by Crippen LogP contribution is 2.22. The second-order valence-corrected chi connectivity index (χ2v) is 5.87. The van der Waals surface area contributed by atoms with E-state index in [2.05, 4.69) is 35.2 Å². The summed E-state index contributed by atoms with van der Waals surface area (Å²) in [4.78, 5) is 2.44. The Hall–Kier alpha value is -1.82. The number of rotatable bonds is 2. The van der Waals surface area contributed by atoms with E-state index in [-0.39, 0.29) is 0 Å². The van der Waals surface area contributed by atoms with Crippen LogP contribution in [0.4, 0.5) is 0 Å². The van der Waals surface area contributed by atoms with Crippen LogP contribution in [0.3, 0.4) is 0 Å². The van der Waals surface area contributed by atoms with Crippen LogP contribution in [0.1, 0.15) is 22.3 Å². The molecule has 1 aliphatic heterocycles. The molecule has 0 aromatic heterocycles. The van der Waals surface area contributed by atoms with Gasteiger partial charge in [0.25, 0.3) is 0 Å². The summed E-state index contributed by atoms with van der Waals surface area (Å²) in [6, 6.07) is 16.4. The second kappa shape index (κ2) is 6.30. The molecule has 0 fully saturated rings. The van der Waals surface area contributed by atoms with E-state index in [1.165, 1.54) is 11.1 Å². The highest BCUT2D eigenvalue weighted by Gasteiger charge is 2.14. The van der Waals surface area contributed by atoms with E-state index in [4.69, 9.17) is 16.9 Å². The summed E-state index contributed by atoms with van der Waals surface area (Å²) in [5.74, 6) is 0. The fourth-order valence-corrected chi connectivity index (χ4v) is 3.10. The Morgan fingerprint density at radius 1 is 1.05 bits per heavy atom. The van der Waals surface area contributed by atoms with Crippen LogP contribution in [0, 0.1) is 11.3 Å². The van der Waals surface area contributed by atoms with Gasteiger partial charge in [-0.3, -0.25) is 4.90 Å². The van der Waals surface area contributed by atoms with Gasteiger partial charge >= 0.3 is 0 Å². The lowest BCUT2D eigenvalue weighted by atomic mass is 10.0. The molecule has 0 N–H and O–H groups in total. The van der Waals surface area contributed by atoms with E-state index in [9.17, 15) is 0 Å². The van der Waals surface area contributed by atoms with Gasteiger partial charge in [0.15, 0.2) is 0 Å². The number of nitrogens with zero attached hydrogens (tertiary/aromatic N) is 2. The third-order valence-corrected chi connectivity index (χ3v) is 4.44. The van der Waals surface area contributed by atoms with Crippen molar-refractivity contribution in [1.29, 1.82) is 5.26 Å². The molecule has 0 bridgehead atoms. The van der Waals surface area contributed by atoms with Gasteiger partial charge < -0.3 is 0 Å². The average molecular weight is 297 g/mol. The van der Waals surface area contributed by atoms with Crippen molar-refractivity contribution in [1.82, 2.24) is 4.90 Å². The second-order valence-electron chi connectivity index (χ2n) is 5.46. The molecule has 0 spiro atoms. The summed E-state index contributed by atoms with van der Waals surface area (Å²) >= 11 is 6.28. The molecule has 21 heavy (non-hydrogen) atoms. The van der Waals surface area contributed by atoms with Gasteiger partial charge in [-0.2, -0.15) is 5.26 Å². The third kappa shape index (κ3) is 3.26. The molecule has 0 atom stereocenters. The van der Waals surface area contributed by atoms with E-state index in [1.807, 2.05) is 12.1 Å². The van der Waals surface area contributed by atoms with Crippen molar-refractivity contribution in [2.75, 3.05) is 13.1 Å². The highest BCUT2D eigenvalue weighted by atomic mass is 35.5. The molecular formula is C18H17ClN2. The number of hydrogen-bond donors (Lipinski definition) is 0. The monoisotopic (exact) mass is 296 g/mol. The summed E-state index contributed by atoms with van der Waals surface area (Å²) in [5, 5.41) is 9.58. The SMILES string of the molecule is N#Cc1ccc(CN2CCc3ccccc3CC2)c(Cl)c1. The zero-order valence-electron chi connectivity index (χ0n) is 11.8. The molecule has 0 unspecified atom stereocenters. The van der Waals surface area contributed by atoms with Crippen molar-refractivity contribution in [3.8, 4) is 6.07 Å². The molecule has 106 valence electrons. The lowest BCUT2D eigenvalue weighted by Crippen LogP contribution is -2.26. The Kier molecular flexibility index (Phi) is 4.24. The minimum atomic E-state index is 0.618.